The second-order valence-corrected chi connectivity index (χ2v) is 4.25. The summed E-state index contributed by atoms with van der Waals surface area (Å²) in [6.07, 6.45) is -4.00. The van der Waals surface area contributed by atoms with Crippen molar-refractivity contribution in [1.29, 1.82) is 0 Å². The van der Waals surface area contributed by atoms with Gasteiger partial charge in [-0.3, -0.25) is 4.98 Å². The van der Waals surface area contributed by atoms with Gasteiger partial charge >= 0.3 is 12.1 Å². The van der Waals surface area contributed by atoms with Crippen LogP contribution in [0.1, 0.15) is 23.3 Å². The first-order valence-corrected chi connectivity index (χ1v) is 6.03. The molecule has 0 spiro atoms. The minimum absolute atomic E-state index is 0.0916. The number of hydrogen-bond acceptors (Lipinski definition) is 4. The van der Waals surface area contributed by atoms with Crippen molar-refractivity contribution in [2.45, 2.75) is 25.6 Å². The number of aryl methyl sites for hydroxylation is 1. The molecular weight excluding hydrogens is 289 g/mol. The number of carboxylic acid groups (broad SMARTS) is 1. The van der Waals surface area contributed by atoms with Crippen molar-refractivity contribution in [3.8, 4) is 11.4 Å². The average Bonchev–Trinajstić information content (AvgIpc) is 2.82. The summed E-state index contributed by atoms with van der Waals surface area (Å²) in [7, 11) is 0. The zero-order valence-corrected chi connectivity index (χ0v) is 10.7. The molecule has 2 rings (SSSR count). The third-order valence-electron chi connectivity index (χ3n) is 2.68. The highest BCUT2D eigenvalue weighted by Crippen LogP contribution is 2.24. The van der Waals surface area contributed by atoms with E-state index >= 15 is 0 Å². The molecular formula is C12H11F3N4O2. The van der Waals surface area contributed by atoms with E-state index in [0.29, 0.717) is 5.69 Å². The van der Waals surface area contributed by atoms with Gasteiger partial charge in [0.05, 0.1) is 5.69 Å². The number of nitrogens with zero attached hydrogens (tertiary/aromatic N) is 4. The molecule has 0 amide bonds. The Labute approximate surface area is 117 Å². The molecule has 0 unspecified atom stereocenters. The highest BCUT2D eigenvalue weighted by Gasteiger charge is 2.27. The van der Waals surface area contributed by atoms with Crippen LogP contribution in [0.25, 0.3) is 11.4 Å². The molecule has 2 aromatic heterocycles. The molecule has 9 heteroatoms. The van der Waals surface area contributed by atoms with Gasteiger partial charge in [0.25, 0.3) is 0 Å². The number of rotatable bonds is 5. The maximum absolute atomic E-state index is 12.2. The second-order valence-electron chi connectivity index (χ2n) is 4.25. The van der Waals surface area contributed by atoms with Crippen LogP contribution in [0, 0.1) is 0 Å². The zero-order valence-electron chi connectivity index (χ0n) is 10.7. The quantitative estimate of drug-likeness (QED) is 0.917. The molecule has 1 N–H and O–H groups in total. The normalized spacial score (nSPS) is 11.6. The second kappa shape index (κ2) is 5.90. The van der Waals surface area contributed by atoms with Gasteiger partial charge in [-0.2, -0.15) is 13.2 Å². The first-order valence-electron chi connectivity index (χ1n) is 6.03. The maximum atomic E-state index is 12.2. The van der Waals surface area contributed by atoms with E-state index in [-0.39, 0.29) is 24.4 Å². The molecule has 0 radical (unpaired) electrons. The zero-order chi connectivity index (χ0) is 15.5. The number of carboxylic acids is 1. The monoisotopic (exact) mass is 300 g/mol. The Morgan fingerprint density at radius 3 is 2.67 bits per heavy atom. The highest BCUT2D eigenvalue weighted by atomic mass is 19.4. The van der Waals surface area contributed by atoms with Gasteiger partial charge < -0.3 is 5.11 Å². The van der Waals surface area contributed by atoms with Crippen LogP contribution in [0.15, 0.2) is 24.4 Å². The first kappa shape index (κ1) is 14.9. The molecule has 112 valence electrons. The van der Waals surface area contributed by atoms with Gasteiger partial charge in [-0.1, -0.05) is 11.3 Å². The van der Waals surface area contributed by atoms with Crippen molar-refractivity contribution in [2.24, 2.45) is 0 Å². The van der Waals surface area contributed by atoms with Crippen molar-refractivity contribution < 1.29 is 23.1 Å². The van der Waals surface area contributed by atoms with Crippen molar-refractivity contribution in [2.75, 3.05) is 0 Å². The maximum Gasteiger partial charge on any atom is 0.389 e. The number of aromatic carboxylic acids is 1. The molecule has 21 heavy (non-hydrogen) atoms. The van der Waals surface area contributed by atoms with E-state index in [1.807, 2.05) is 0 Å². The van der Waals surface area contributed by atoms with Crippen molar-refractivity contribution >= 4 is 5.97 Å². The predicted molar refractivity (Wildman–Crippen MR) is 65.5 cm³/mol. The highest BCUT2D eigenvalue weighted by molar-refractivity contribution is 5.92. The van der Waals surface area contributed by atoms with Crippen LogP contribution in [0.3, 0.4) is 0 Å². The van der Waals surface area contributed by atoms with Crippen LogP contribution in [-0.4, -0.2) is 37.2 Å². The van der Waals surface area contributed by atoms with Gasteiger partial charge in [-0.15, -0.1) is 5.10 Å². The summed E-state index contributed by atoms with van der Waals surface area (Å²) in [5.41, 5.74) is 0.0675. The molecule has 6 nitrogen and oxygen atoms in total. The molecule has 0 aliphatic rings. The number of pyridine rings is 1. The van der Waals surface area contributed by atoms with E-state index in [1.54, 1.807) is 18.2 Å². The Morgan fingerprint density at radius 1 is 1.33 bits per heavy atom. The topological polar surface area (TPSA) is 80.9 Å². The van der Waals surface area contributed by atoms with E-state index in [1.165, 1.54) is 6.20 Å². The Kier molecular flexibility index (Phi) is 4.20. The molecule has 0 saturated carbocycles. The van der Waals surface area contributed by atoms with E-state index < -0.39 is 18.6 Å². The van der Waals surface area contributed by atoms with Gasteiger partial charge in [0.15, 0.2) is 5.69 Å². The van der Waals surface area contributed by atoms with E-state index in [4.69, 9.17) is 5.11 Å². The summed E-state index contributed by atoms with van der Waals surface area (Å²) >= 11 is 0. The Hall–Kier alpha value is -2.45. The molecule has 2 heterocycles. The molecule has 0 bridgehead atoms. The standard InChI is InChI=1S/C12H11F3N4O2/c13-12(14,15)5-3-7-19-10(8-4-1-2-6-16-8)9(11(20)21)17-18-19/h1-2,4,6H,3,5,7H2,(H,20,21). The SMILES string of the molecule is O=C(O)c1nnn(CCCC(F)(F)F)c1-c1ccccn1. The van der Waals surface area contributed by atoms with Crippen LogP contribution >= 0.6 is 0 Å². The van der Waals surface area contributed by atoms with Crippen molar-refractivity contribution in [3.05, 3.63) is 30.1 Å². The van der Waals surface area contributed by atoms with Crippen LogP contribution in [0.5, 0.6) is 0 Å². The molecule has 0 aromatic carbocycles. The predicted octanol–water partition coefficient (Wildman–Crippen LogP) is 2.38. The minimum atomic E-state index is -4.26. The van der Waals surface area contributed by atoms with Crippen LogP contribution in [-0.2, 0) is 6.54 Å². The van der Waals surface area contributed by atoms with Crippen molar-refractivity contribution in [3.63, 3.8) is 0 Å². The minimum Gasteiger partial charge on any atom is -0.476 e. The number of hydrogen-bond donors (Lipinski definition) is 1. The lowest BCUT2D eigenvalue weighted by atomic mass is 10.2. The summed E-state index contributed by atoms with van der Waals surface area (Å²) in [6.45, 7) is -0.0916. The van der Waals surface area contributed by atoms with E-state index in [2.05, 4.69) is 15.3 Å². The van der Waals surface area contributed by atoms with Crippen LogP contribution < -0.4 is 0 Å². The Bertz CT molecular complexity index is 625. The third kappa shape index (κ3) is 3.77. The fourth-order valence-electron chi connectivity index (χ4n) is 1.80. The van der Waals surface area contributed by atoms with Crippen LogP contribution in [0.2, 0.25) is 0 Å². The van der Waals surface area contributed by atoms with E-state index in [0.717, 1.165) is 4.68 Å². The molecule has 0 aliphatic carbocycles. The first-order chi connectivity index (χ1) is 9.88. The van der Waals surface area contributed by atoms with Crippen LogP contribution in [0.4, 0.5) is 13.2 Å². The van der Waals surface area contributed by atoms with Crippen molar-refractivity contribution in [1.82, 2.24) is 20.0 Å². The largest absolute Gasteiger partial charge is 0.476 e. The number of alkyl halides is 3. The van der Waals surface area contributed by atoms with Gasteiger partial charge in [-0.25, -0.2) is 9.48 Å². The lowest BCUT2D eigenvalue weighted by Crippen LogP contribution is -2.11. The van der Waals surface area contributed by atoms with Gasteiger partial charge in [-0.05, 0) is 18.6 Å². The third-order valence-corrected chi connectivity index (χ3v) is 2.68. The number of carbonyl (C=O) groups is 1. The van der Waals surface area contributed by atoms with Gasteiger partial charge in [0, 0.05) is 19.2 Å². The fourth-order valence-corrected chi connectivity index (χ4v) is 1.80. The van der Waals surface area contributed by atoms with E-state index in [9.17, 15) is 18.0 Å². The number of aromatic nitrogens is 4. The smallest absolute Gasteiger partial charge is 0.389 e. The summed E-state index contributed by atoms with van der Waals surface area (Å²) in [6, 6.07) is 4.83. The summed E-state index contributed by atoms with van der Waals surface area (Å²) in [5.74, 6) is -1.31. The fraction of sp³-hybridized carbons (Fsp3) is 0.333. The molecule has 0 saturated heterocycles. The van der Waals surface area contributed by atoms with Gasteiger partial charge in [0.1, 0.15) is 5.69 Å². The summed E-state index contributed by atoms with van der Waals surface area (Å²) in [5, 5.41) is 16.2. The molecule has 0 atom stereocenters. The lowest BCUT2D eigenvalue weighted by molar-refractivity contribution is -0.136. The molecule has 0 aliphatic heterocycles. The average molecular weight is 300 g/mol. The summed E-state index contributed by atoms with van der Waals surface area (Å²) < 4.78 is 37.6. The lowest BCUT2D eigenvalue weighted by Gasteiger charge is -2.08. The Morgan fingerprint density at radius 2 is 2.10 bits per heavy atom. The molecule has 2 aromatic rings. The number of halogens is 3. The summed E-state index contributed by atoms with van der Waals surface area (Å²) in [4.78, 5) is 15.1. The Balaban J connectivity index is 2.28. The van der Waals surface area contributed by atoms with Gasteiger partial charge in [0.2, 0.25) is 0 Å². The molecule has 0 fully saturated rings.